The van der Waals surface area contributed by atoms with E-state index in [1.54, 1.807) is 0 Å². The van der Waals surface area contributed by atoms with Crippen molar-refractivity contribution in [3.63, 3.8) is 0 Å². The molecule has 17 heavy (non-hydrogen) atoms. The fourth-order valence-electron chi connectivity index (χ4n) is 2.61. The molecule has 3 N–H and O–H groups in total. The number of rotatable bonds is 2. The van der Waals surface area contributed by atoms with Crippen LogP contribution in [0.25, 0.3) is 0 Å². The maximum Gasteiger partial charge on any atom is 0.0749 e. The molecule has 3 heteroatoms. The molecule has 1 saturated heterocycles. The average Bonchev–Trinajstić information content (AvgIpc) is 2.27. The molecule has 3 nitrogen and oxygen atoms in total. The van der Waals surface area contributed by atoms with Gasteiger partial charge in [-0.1, -0.05) is 18.6 Å². The third-order valence-electron chi connectivity index (χ3n) is 3.74. The summed E-state index contributed by atoms with van der Waals surface area (Å²) in [5.74, 6) is 0. The van der Waals surface area contributed by atoms with Crippen LogP contribution in [-0.4, -0.2) is 17.1 Å². The Bertz CT molecular complexity index is 359. The third kappa shape index (κ3) is 2.55. The van der Waals surface area contributed by atoms with Crippen molar-refractivity contribution in [1.29, 1.82) is 0 Å². The Balaban J connectivity index is 2.19. The van der Waals surface area contributed by atoms with Gasteiger partial charge in [0.25, 0.3) is 0 Å². The summed E-state index contributed by atoms with van der Waals surface area (Å²) in [6, 6.07) is 7.18. The second-order valence-corrected chi connectivity index (χ2v) is 5.19. The maximum absolute atomic E-state index is 6.04. The highest BCUT2D eigenvalue weighted by Crippen LogP contribution is 2.28. The zero-order valence-electron chi connectivity index (χ0n) is 11.0. The second kappa shape index (κ2) is 4.96. The van der Waals surface area contributed by atoms with Gasteiger partial charge < -0.3 is 11.2 Å². The minimum absolute atomic E-state index is 0.567. The van der Waals surface area contributed by atoms with Gasteiger partial charge in [0.15, 0.2) is 0 Å². The fourth-order valence-corrected chi connectivity index (χ4v) is 2.61. The van der Waals surface area contributed by atoms with Gasteiger partial charge in [0.1, 0.15) is 0 Å². The summed E-state index contributed by atoms with van der Waals surface area (Å²) in [7, 11) is 0. The number of aryl methyl sites for hydroxylation is 1. The van der Waals surface area contributed by atoms with Crippen molar-refractivity contribution in [2.75, 3.05) is 11.2 Å². The predicted octanol–water partition coefficient (Wildman–Crippen LogP) is 3.17. The molecule has 0 saturated carbocycles. The molecule has 94 valence electrons. The van der Waals surface area contributed by atoms with Crippen molar-refractivity contribution in [3.8, 4) is 0 Å². The molecule has 1 aliphatic heterocycles. The number of nitrogen functional groups attached to an aromatic ring is 1. The van der Waals surface area contributed by atoms with Crippen molar-refractivity contribution >= 4 is 11.4 Å². The van der Waals surface area contributed by atoms with Crippen LogP contribution in [0.1, 0.15) is 38.7 Å². The Morgan fingerprint density at radius 1 is 1.24 bits per heavy atom. The van der Waals surface area contributed by atoms with Crippen LogP contribution in [-0.2, 0) is 0 Å². The number of benzene rings is 1. The van der Waals surface area contributed by atoms with E-state index in [-0.39, 0.29) is 0 Å². The van der Waals surface area contributed by atoms with E-state index < -0.39 is 0 Å². The summed E-state index contributed by atoms with van der Waals surface area (Å²) in [5.41, 5.74) is 12.7. The molecule has 1 aromatic rings. The van der Waals surface area contributed by atoms with E-state index in [1.807, 2.05) is 12.1 Å². The highest BCUT2D eigenvalue weighted by molar-refractivity contribution is 5.69. The van der Waals surface area contributed by atoms with Crippen LogP contribution in [0, 0.1) is 6.92 Å². The molecule has 0 amide bonds. The van der Waals surface area contributed by atoms with Crippen LogP contribution >= 0.6 is 0 Å². The first-order chi connectivity index (χ1) is 8.09. The standard InChI is InChI=1S/C14H23N3/c1-10-6-4-9-13(15)14(10)16-17-11(2)7-5-8-12(17)3/h4,6,9,11-12,16H,5,7-8,15H2,1-3H3. The number of anilines is 2. The van der Waals surface area contributed by atoms with E-state index in [0.29, 0.717) is 12.1 Å². The maximum atomic E-state index is 6.04. The van der Waals surface area contributed by atoms with Gasteiger partial charge in [0.05, 0.1) is 11.4 Å². The molecule has 2 unspecified atom stereocenters. The van der Waals surface area contributed by atoms with E-state index in [4.69, 9.17) is 5.73 Å². The number of para-hydroxylation sites is 1. The molecule has 1 heterocycles. The van der Waals surface area contributed by atoms with E-state index in [9.17, 15) is 0 Å². The third-order valence-corrected chi connectivity index (χ3v) is 3.74. The lowest BCUT2D eigenvalue weighted by atomic mass is 10.00. The second-order valence-electron chi connectivity index (χ2n) is 5.19. The smallest absolute Gasteiger partial charge is 0.0749 e. The molecule has 0 bridgehead atoms. The van der Waals surface area contributed by atoms with Gasteiger partial charge in [0, 0.05) is 12.1 Å². The molecule has 0 radical (unpaired) electrons. The Labute approximate surface area is 104 Å². The summed E-state index contributed by atoms with van der Waals surface area (Å²) in [6.07, 6.45) is 3.83. The molecule has 1 fully saturated rings. The van der Waals surface area contributed by atoms with E-state index >= 15 is 0 Å². The van der Waals surface area contributed by atoms with Gasteiger partial charge in [-0.25, -0.2) is 5.01 Å². The largest absolute Gasteiger partial charge is 0.397 e. The van der Waals surface area contributed by atoms with E-state index in [1.165, 1.54) is 24.8 Å². The Morgan fingerprint density at radius 2 is 1.88 bits per heavy atom. The first-order valence-corrected chi connectivity index (χ1v) is 6.49. The molecule has 0 spiro atoms. The van der Waals surface area contributed by atoms with Crippen LogP contribution < -0.4 is 11.2 Å². The topological polar surface area (TPSA) is 41.3 Å². The number of hydrogen-bond acceptors (Lipinski definition) is 3. The average molecular weight is 233 g/mol. The molecule has 1 aliphatic rings. The number of piperidine rings is 1. The van der Waals surface area contributed by atoms with E-state index in [0.717, 1.165) is 11.4 Å². The Kier molecular flexibility index (Phi) is 3.57. The van der Waals surface area contributed by atoms with Gasteiger partial charge in [0.2, 0.25) is 0 Å². The first kappa shape index (κ1) is 12.2. The fraction of sp³-hybridized carbons (Fsp3) is 0.571. The highest BCUT2D eigenvalue weighted by atomic mass is 15.5. The van der Waals surface area contributed by atoms with Crippen LogP contribution in [0.4, 0.5) is 11.4 Å². The van der Waals surface area contributed by atoms with Gasteiger partial charge in [-0.2, -0.15) is 0 Å². The quantitative estimate of drug-likeness (QED) is 0.771. The number of hydrogen-bond donors (Lipinski definition) is 2. The normalized spacial score (nSPS) is 25.8. The van der Waals surface area contributed by atoms with Gasteiger partial charge >= 0.3 is 0 Å². The summed E-state index contributed by atoms with van der Waals surface area (Å²) in [5, 5.41) is 2.35. The molecule has 2 atom stereocenters. The van der Waals surface area contributed by atoms with Gasteiger partial charge in [-0.3, -0.25) is 0 Å². The van der Waals surface area contributed by atoms with Crippen LogP contribution in [0.5, 0.6) is 0 Å². The van der Waals surface area contributed by atoms with Crippen LogP contribution in [0.3, 0.4) is 0 Å². The van der Waals surface area contributed by atoms with Gasteiger partial charge in [-0.05, 0) is 45.2 Å². The van der Waals surface area contributed by atoms with Crippen molar-refractivity contribution in [2.45, 2.75) is 52.1 Å². The first-order valence-electron chi connectivity index (χ1n) is 6.49. The molecule has 0 aromatic heterocycles. The van der Waals surface area contributed by atoms with Crippen LogP contribution in [0.15, 0.2) is 18.2 Å². The zero-order valence-corrected chi connectivity index (χ0v) is 11.0. The van der Waals surface area contributed by atoms with Crippen LogP contribution in [0.2, 0.25) is 0 Å². The monoisotopic (exact) mass is 233 g/mol. The number of hydrazine groups is 1. The SMILES string of the molecule is Cc1cccc(N)c1NN1C(C)CCCC1C. The summed E-state index contributed by atoms with van der Waals surface area (Å²) < 4.78 is 0. The molecule has 2 rings (SSSR count). The minimum atomic E-state index is 0.567. The zero-order chi connectivity index (χ0) is 12.4. The van der Waals surface area contributed by atoms with Crippen molar-refractivity contribution < 1.29 is 0 Å². The summed E-state index contributed by atoms with van der Waals surface area (Å²) in [4.78, 5) is 0. The molecule has 0 aliphatic carbocycles. The predicted molar refractivity (Wildman–Crippen MR) is 73.8 cm³/mol. The Morgan fingerprint density at radius 3 is 2.47 bits per heavy atom. The van der Waals surface area contributed by atoms with Gasteiger partial charge in [-0.15, -0.1) is 0 Å². The lowest BCUT2D eigenvalue weighted by Crippen LogP contribution is -2.47. The molecular formula is C14H23N3. The molecule has 1 aromatic carbocycles. The number of nitrogens with one attached hydrogen (secondary N) is 1. The van der Waals surface area contributed by atoms with Crippen molar-refractivity contribution in [3.05, 3.63) is 23.8 Å². The molecular weight excluding hydrogens is 210 g/mol. The summed E-state index contributed by atoms with van der Waals surface area (Å²) >= 11 is 0. The number of nitrogens with two attached hydrogens (primary N) is 1. The lowest BCUT2D eigenvalue weighted by Gasteiger charge is -2.40. The Hall–Kier alpha value is -1.22. The van der Waals surface area contributed by atoms with Crippen molar-refractivity contribution in [2.24, 2.45) is 0 Å². The van der Waals surface area contributed by atoms with Crippen molar-refractivity contribution in [1.82, 2.24) is 5.01 Å². The number of nitrogens with zero attached hydrogens (tertiary/aromatic N) is 1. The lowest BCUT2D eigenvalue weighted by molar-refractivity contribution is 0.136. The minimum Gasteiger partial charge on any atom is -0.397 e. The van der Waals surface area contributed by atoms with E-state index in [2.05, 4.69) is 37.3 Å². The highest BCUT2D eigenvalue weighted by Gasteiger charge is 2.25. The summed E-state index contributed by atoms with van der Waals surface area (Å²) in [6.45, 7) is 6.65.